The van der Waals surface area contributed by atoms with Crippen molar-refractivity contribution in [3.63, 3.8) is 0 Å². The number of aromatic nitrogens is 2. The van der Waals surface area contributed by atoms with Crippen LogP contribution >= 0.6 is 0 Å². The van der Waals surface area contributed by atoms with E-state index in [1.54, 1.807) is 11.1 Å². The van der Waals surface area contributed by atoms with Gasteiger partial charge in [0, 0.05) is 44.0 Å². The van der Waals surface area contributed by atoms with E-state index in [2.05, 4.69) is 10.3 Å². The van der Waals surface area contributed by atoms with Crippen LogP contribution in [0.1, 0.15) is 56.4 Å². The third kappa shape index (κ3) is 3.81. The molecule has 158 valence electrons. The number of nitrogens with one attached hydrogen (secondary N) is 1. The number of carbonyl (C=O) groups excluding carboxylic acids is 3. The van der Waals surface area contributed by atoms with E-state index in [4.69, 9.17) is 4.74 Å². The van der Waals surface area contributed by atoms with Crippen molar-refractivity contribution in [2.24, 2.45) is 7.05 Å². The maximum atomic E-state index is 12.4. The van der Waals surface area contributed by atoms with Crippen LogP contribution in [0.15, 0.2) is 24.4 Å². The summed E-state index contributed by atoms with van der Waals surface area (Å²) < 4.78 is 7.39. The lowest BCUT2D eigenvalue weighted by Crippen LogP contribution is -2.40. The third-order valence-electron chi connectivity index (χ3n) is 5.46. The minimum Gasteiger partial charge on any atom is -0.444 e. The molecule has 2 aromatic rings. The fourth-order valence-corrected chi connectivity index (χ4v) is 3.98. The van der Waals surface area contributed by atoms with E-state index >= 15 is 0 Å². The van der Waals surface area contributed by atoms with Crippen LogP contribution in [0.5, 0.6) is 0 Å². The van der Waals surface area contributed by atoms with Gasteiger partial charge in [0.05, 0.1) is 5.92 Å². The zero-order valence-electron chi connectivity index (χ0n) is 17.7. The summed E-state index contributed by atoms with van der Waals surface area (Å²) in [6.45, 7) is 6.57. The molecular weight excluding hydrogens is 384 g/mol. The zero-order valence-corrected chi connectivity index (χ0v) is 17.7. The molecule has 30 heavy (non-hydrogen) atoms. The molecule has 8 heteroatoms. The number of hydrogen-bond acceptors (Lipinski definition) is 5. The normalized spacial score (nSPS) is 18.9. The minimum absolute atomic E-state index is 0.230. The van der Waals surface area contributed by atoms with Gasteiger partial charge >= 0.3 is 6.09 Å². The molecule has 0 bridgehead atoms. The van der Waals surface area contributed by atoms with Gasteiger partial charge in [-0.25, -0.2) is 9.78 Å². The number of hydrogen-bond donors (Lipinski definition) is 1. The molecule has 1 N–H and O–H groups in total. The number of carbonyl (C=O) groups is 3. The van der Waals surface area contributed by atoms with Crippen molar-refractivity contribution in [1.29, 1.82) is 0 Å². The second-order valence-corrected chi connectivity index (χ2v) is 8.89. The number of ether oxygens (including phenoxy) is 1. The third-order valence-corrected chi connectivity index (χ3v) is 5.46. The highest BCUT2D eigenvalue weighted by molar-refractivity contribution is 6.00. The summed E-state index contributed by atoms with van der Waals surface area (Å²) in [7, 11) is 1.88. The number of benzene rings is 1. The predicted octanol–water partition coefficient (Wildman–Crippen LogP) is 2.86. The Bertz CT molecular complexity index is 1030. The Balaban J connectivity index is 1.55. The van der Waals surface area contributed by atoms with Crippen molar-refractivity contribution < 1.29 is 19.1 Å². The van der Waals surface area contributed by atoms with Crippen molar-refractivity contribution >= 4 is 17.9 Å². The molecule has 4 rings (SSSR count). The standard InChI is InChI=1S/C22H26N4O4/c1-22(2,3)30-21(29)26-11-14-6-5-13(9-15(14)12-26)19-23-10-17(25(19)4)16-7-8-18(27)24-20(16)28/h5-6,9-10,16H,7-8,11-12H2,1-4H3,(H,24,27,28). The Kier molecular flexibility index (Phi) is 4.88. The highest BCUT2D eigenvalue weighted by atomic mass is 16.6. The Labute approximate surface area is 175 Å². The molecule has 8 nitrogen and oxygen atoms in total. The van der Waals surface area contributed by atoms with Crippen LogP contribution < -0.4 is 5.32 Å². The molecule has 0 radical (unpaired) electrons. The first-order valence-corrected chi connectivity index (χ1v) is 10.1. The first kappa shape index (κ1) is 20.1. The number of amides is 3. The minimum atomic E-state index is -0.531. The summed E-state index contributed by atoms with van der Waals surface area (Å²) in [5, 5.41) is 2.40. The second-order valence-electron chi connectivity index (χ2n) is 8.89. The van der Waals surface area contributed by atoms with Crippen molar-refractivity contribution in [1.82, 2.24) is 19.8 Å². The number of fused-ring (bicyclic) bond motifs is 1. The number of nitrogens with zero attached hydrogens (tertiary/aromatic N) is 3. The fourth-order valence-electron chi connectivity index (χ4n) is 3.98. The molecule has 0 aliphatic carbocycles. The Hall–Kier alpha value is -3.16. The second kappa shape index (κ2) is 7.27. The van der Waals surface area contributed by atoms with E-state index in [1.807, 2.05) is 50.6 Å². The van der Waals surface area contributed by atoms with E-state index in [0.29, 0.717) is 25.9 Å². The molecule has 1 aromatic heterocycles. The summed E-state index contributed by atoms with van der Waals surface area (Å²) in [4.78, 5) is 42.3. The van der Waals surface area contributed by atoms with Crippen LogP contribution in [-0.4, -0.2) is 38.0 Å². The summed E-state index contributed by atoms with van der Waals surface area (Å²) >= 11 is 0. The maximum absolute atomic E-state index is 12.4. The summed E-state index contributed by atoms with van der Waals surface area (Å²) in [5.74, 6) is -0.145. The molecule has 1 aromatic carbocycles. The monoisotopic (exact) mass is 410 g/mol. The largest absolute Gasteiger partial charge is 0.444 e. The molecule has 0 spiro atoms. The van der Waals surface area contributed by atoms with E-state index in [-0.39, 0.29) is 23.8 Å². The van der Waals surface area contributed by atoms with E-state index in [1.165, 1.54) is 0 Å². The molecule has 1 atom stereocenters. The molecular formula is C22H26N4O4. The number of rotatable bonds is 2. The number of imidazole rings is 1. The van der Waals surface area contributed by atoms with E-state index in [9.17, 15) is 14.4 Å². The van der Waals surface area contributed by atoms with E-state index in [0.717, 1.165) is 28.2 Å². The van der Waals surface area contributed by atoms with Gasteiger partial charge in [0.1, 0.15) is 11.4 Å². The molecule has 0 saturated carbocycles. The van der Waals surface area contributed by atoms with Gasteiger partial charge in [-0.3, -0.25) is 19.8 Å². The highest BCUT2D eigenvalue weighted by Crippen LogP contribution is 2.31. The highest BCUT2D eigenvalue weighted by Gasteiger charge is 2.31. The lowest BCUT2D eigenvalue weighted by atomic mass is 9.95. The van der Waals surface area contributed by atoms with Gasteiger partial charge in [-0.15, -0.1) is 0 Å². The van der Waals surface area contributed by atoms with E-state index < -0.39 is 5.60 Å². The van der Waals surface area contributed by atoms with Gasteiger partial charge in [0.15, 0.2) is 0 Å². The summed E-state index contributed by atoms with van der Waals surface area (Å²) in [5.41, 5.74) is 3.32. The molecule has 2 aliphatic heterocycles. The number of piperidine rings is 1. The predicted molar refractivity (Wildman–Crippen MR) is 109 cm³/mol. The summed E-state index contributed by atoms with van der Waals surface area (Å²) in [6, 6.07) is 6.03. The average molecular weight is 410 g/mol. The van der Waals surface area contributed by atoms with Gasteiger partial charge in [0.2, 0.25) is 11.8 Å². The van der Waals surface area contributed by atoms with Gasteiger partial charge in [-0.1, -0.05) is 12.1 Å². The first-order valence-electron chi connectivity index (χ1n) is 10.1. The molecule has 3 amide bonds. The zero-order chi connectivity index (χ0) is 21.6. The van der Waals surface area contributed by atoms with Gasteiger partial charge in [0.25, 0.3) is 0 Å². The first-order chi connectivity index (χ1) is 14.1. The van der Waals surface area contributed by atoms with Gasteiger partial charge in [-0.2, -0.15) is 0 Å². The molecule has 3 heterocycles. The van der Waals surface area contributed by atoms with Crippen molar-refractivity contribution in [2.45, 2.75) is 58.2 Å². The van der Waals surface area contributed by atoms with Crippen LogP contribution in [0.4, 0.5) is 4.79 Å². The van der Waals surface area contributed by atoms with Crippen molar-refractivity contribution in [2.75, 3.05) is 0 Å². The smallest absolute Gasteiger partial charge is 0.410 e. The quantitative estimate of drug-likeness (QED) is 0.769. The lowest BCUT2D eigenvalue weighted by molar-refractivity contribution is -0.134. The Morgan fingerprint density at radius 3 is 2.63 bits per heavy atom. The van der Waals surface area contributed by atoms with Gasteiger partial charge in [-0.05, 0) is 44.4 Å². The maximum Gasteiger partial charge on any atom is 0.410 e. The van der Waals surface area contributed by atoms with Crippen LogP contribution in [0, 0.1) is 0 Å². The summed E-state index contributed by atoms with van der Waals surface area (Å²) in [6.07, 6.45) is 2.20. The molecule has 1 unspecified atom stereocenters. The van der Waals surface area contributed by atoms with Gasteiger partial charge < -0.3 is 9.30 Å². The number of imide groups is 1. The molecule has 1 fully saturated rings. The molecule has 1 saturated heterocycles. The fraction of sp³-hybridized carbons (Fsp3) is 0.455. The average Bonchev–Trinajstić information content (AvgIpc) is 3.23. The molecule has 2 aliphatic rings. The van der Waals surface area contributed by atoms with Crippen LogP contribution in [0.3, 0.4) is 0 Å². The lowest BCUT2D eigenvalue weighted by Gasteiger charge is -2.24. The SMILES string of the molecule is Cn1c(C2CCC(=O)NC2=O)cnc1-c1ccc2c(c1)CN(C(=O)OC(C)(C)C)C2. The van der Waals surface area contributed by atoms with Crippen molar-refractivity contribution in [3.8, 4) is 11.4 Å². The van der Waals surface area contributed by atoms with Crippen molar-refractivity contribution in [3.05, 3.63) is 41.2 Å². The van der Waals surface area contributed by atoms with Crippen LogP contribution in [0.25, 0.3) is 11.4 Å². The van der Waals surface area contributed by atoms with Crippen LogP contribution in [-0.2, 0) is 34.5 Å². The van der Waals surface area contributed by atoms with Crippen LogP contribution in [0.2, 0.25) is 0 Å². The Morgan fingerprint density at radius 1 is 1.20 bits per heavy atom. The topological polar surface area (TPSA) is 93.5 Å². The Morgan fingerprint density at radius 2 is 1.93 bits per heavy atom.